The summed E-state index contributed by atoms with van der Waals surface area (Å²) in [5.41, 5.74) is 0.659. The molecule has 2 aromatic rings. The molecule has 2 aliphatic carbocycles. The number of H-pyrrole nitrogens is 1. The van der Waals surface area contributed by atoms with Gasteiger partial charge in [0.15, 0.2) is 0 Å². The Morgan fingerprint density at radius 2 is 1.97 bits per heavy atom. The SMILES string of the molecule is O=C(NCCCOc1ccc2[nH]c(=O)ccc2c1)N(C1CC1)[C@@H]1CCCCC[C@H]1O. The van der Waals surface area contributed by atoms with Crippen LogP contribution in [0, 0.1) is 0 Å². The third kappa shape index (κ3) is 5.14. The second kappa shape index (κ2) is 9.51. The Morgan fingerprint density at radius 1 is 1.13 bits per heavy atom. The van der Waals surface area contributed by atoms with E-state index in [9.17, 15) is 14.7 Å². The Hall–Kier alpha value is -2.54. The van der Waals surface area contributed by atoms with E-state index in [4.69, 9.17) is 4.74 Å². The topological polar surface area (TPSA) is 94.7 Å². The van der Waals surface area contributed by atoms with Crippen molar-refractivity contribution < 1.29 is 14.6 Å². The molecule has 3 N–H and O–H groups in total. The molecule has 2 amide bonds. The monoisotopic (exact) mass is 413 g/mol. The molecule has 2 fully saturated rings. The van der Waals surface area contributed by atoms with Crippen LogP contribution in [-0.4, -0.2) is 52.4 Å². The summed E-state index contributed by atoms with van der Waals surface area (Å²) in [6.07, 6.45) is 7.28. The zero-order valence-electron chi connectivity index (χ0n) is 17.3. The highest BCUT2D eigenvalue weighted by molar-refractivity contribution is 5.79. The molecular formula is C23H31N3O4. The zero-order valence-corrected chi connectivity index (χ0v) is 17.3. The van der Waals surface area contributed by atoms with E-state index in [2.05, 4.69) is 10.3 Å². The first kappa shape index (κ1) is 20.7. The predicted octanol–water partition coefficient (Wildman–Crippen LogP) is 3.16. The Morgan fingerprint density at radius 3 is 2.80 bits per heavy atom. The van der Waals surface area contributed by atoms with Gasteiger partial charge in [0, 0.05) is 29.6 Å². The van der Waals surface area contributed by atoms with Gasteiger partial charge in [-0.2, -0.15) is 0 Å². The van der Waals surface area contributed by atoms with E-state index in [0.29, 0.717) is 19.6 Å². The van der Waals surface area contributed by atoms with Gasteiger partial charge in [-0.25, -0.2) is 4.79 Å². The number of aliphatic hydroxyl groups is 1. The van der Waals surface area contributed by atoms with Crippen LogP contribution in [0.25, 0.3) is 10.9 Å². The number of carbonyl (C=O) groups excluding carboxylic acids is 1. The third-order valence-electron chi connectivity index (χ3n) is 6.04. The molecular weight excluding hydrogens is 382 g/mol. The van der Waals surface area contributed by atoms with Gasteiger partial charge in [-0.1, -0.05) is 19.3 Å². The van der Waals surface area contributed by atoms with Gasteiger partial charge >= 0.3 is 6.03 Å². The number of ether oxygens (including phenoxy) is 1. The van der Waals surface area contributed by atoms with Crippen molar-refractivity contribution in [3.8, 4) is 5.75 Å². The van der Waals surface area contributed by atoms with Crippen molar-refractivity contribution in [3.63, 3.8) is 0 Å². The fourth-order valence-corrected chi connectivity index (χ4v) is 4.30. The average Bonchev–Trinajstić information content (AvgIpc) is 3.58. The van der Waals surface area contributed by atoms with Gasteiger partial charge in [0.1, 0.15) is 5.75 Å². The Kier molecular flexibility index (Phi) is 6.57. The number of aliphatic hydroxyl groups excluding tert-OH is 1. The van der Waals surface area contributed by atoms with E-state index in [-0.39, 0.29) is 23.7 Å². The van der Waals surface area contributed by atoms with Crippen molar-refractivity contribution in [1.29, 1.82) is 0 Å². The summed E-state index contributed by atoms with van der Waals surface area (Å²) in [6.45, 7) is 1.02. The summed E-state index contributed by atoms with van der Waals surface area (Å²) in [7, 11) is 0. The second-order valence-corrected chi connectivity index (χ2v) is 8.42. The molecule has 1 aromatic heterocycles. The Labute approximate surface area is 176 Å². The summed E-state index contributed by atoms with van der Waals surface area (Å²) in [6, 6.07) is 9.00. The van der Waals surface area contributed by atoms with Gasteiger partial charge in [0.2, 0.25) is 5.56 Å². The van der Waals surface area contributed by atoms with Crippen LogP contribution in [0.3, 0.4) is 0 Å². The number of benzene rings is 1. The largest absolute Gasteiger partial charge is 0.494 e. The van der Waals surface area contributed by atoms with Crippen molar-refractivity contribution >= 4 is 16.9 Å². The minimum absolute atomic E-state index is 0.0553. The van der Waals surface area contributed by atoms with Crippen LogP contribution in [0.15, 0.2) is 35.1 Å². The molecule has 30 heavy (non-hydrogen) atoms. The average molecular weight is 414 g/mol. The fourth-order valence-electron chi connectivity index (χ4n) is 4.30. The number of aromatic amines is 1. The number of hydrogen-bond acceptors (Lipinski definition) is 4. The molecule has 4 rings (SSSR count). The first-order valence-electron chi connectivity index (χ1n) is 11.1. The van der Waals surface area contributed by atoms with Gasteiger partial charge < -0.3 is 25.0 Å². The molecule has 0 bridgehead atoms. The van der Waals surface area contributed by atoms with Gasteiger partial charge in [-0.3, -0.25) is 4.79 Å². The molecule has 7 heteroatoms. The normalized spacial score (nSPS) is 21.8. The quantitative estimate of drug-likeness (QED) is 0.480. The van der Waals surface area contributed by atoms with Crippen LogP contribution in [0.1, 0.15) is 51.4 Å². The predicted molar refractivity (Wildman–Crippen MR) is 116 cm³/mol. The molecule has 0 aliphatic heterocycles. The summed E-state index contributed by atoms with van der Waals surface area (Å²) in [4.78, 5) is 28.9. The van der Waals surface area contributed by atoms with Crippen LogP contribution < -0.4 is 15.6 Å². The molecule has 162 valence electrons. The van der Waals surface area contributed by atoms with E-state index in [1.54, 1.807) is 6.07 Å². The van der Waals surface area contributed by atoms with E-state index >= 15 is 0 Å². The number of nitrogens with zero attached hydrogens (tertiary/aromatic N) is 1. The molecule has 0 spiro atoms. The van der Waals surface area contributed by atoms with E-state index < -0.39 is 6.10 Å². The Balaban J connectivity index is 1.25. The highest BCUT2D eigenvalue weighted by Crippen LogP contribution is 2.33. The molecule has 2 saturated carbocycles. The number of urea groups is 1. The maximum Gasteiger partial charge on any atom is 0.317 e. The number of aromatic nitrogens is 1. The van der Waals surface area contributed by atoms with Crippen LogP contribution in [-0.2, 0) is 0 Å². The lowest BCUT2D eigenvalue weighted by Crippen LogP contribution is -2.52. The van der Waals surface area contributed by atoms with Crippen LogP contribution in [0.4, 0.5) is 4.79 Å². The zero-order chi connectivity index (χ0) is 20.9. The maximum atomic E-state index is 12.8. The molecule has 1 aromatic carbocycles. The van der Waals surface area contributed by atoms with E-state index in [1.165, 1.54) is 6.07 Å². The minimum Gasteiger partial charge on any atom is -0.494 e. The second-order valence-electron chi connectivity index (χ2n) is 8.42. The molecule has 1 heterocycles. The molecule has 0 saturated heterocycles. The van der Waals surface area contributed by atoms with Gasteiger partial charge in [-0.15, -0.1) is 0 Å². The highest BCUT2D eigenvalue weighted by atomic mass is 16.5. The summed E-state index contributed by atoms with van der Waals surface area (Å²) < 4.78 is 5.80. The van der Waals surface area contributed by atoms with Gasteiger partial charge in [0.05, 0.1) is 18.8 Å². The Bertz CT molecular complexity index is 924. The maximum absolute atomic E-state index is 12.8. The highest BCUT2D eigenvalue weighted by Gasteiger charge is 2.40. The van der Waals surface area contributed by atoms with Crippen molar-refractivity contribution in [3.05, 3.63) is 40.7 Å². The smallest absolute Gasteiger partial charge is 0.317 e. The van der Waals surface area contributed by atoms with E-state index in [0.717, 1.165) is 61.6 Å². The van der Waals surface area contributed by atoms with Crippen molar-refractivity contribution in [2.45, 2.75) is 69.6 Å². The molecule has 0 unspecified atom stereocenters. The third-order valence-corrected chi connectivity index (χ3v) is 6.04. The standard InChI is InChI=1S/C23H31N3O4/c27-21-6-3-1-2-5-20(21)26(17-8-9-17)23(29)24-13-4-14-30-18-10-11-19-16(15-18)7-12-22(28)25-19/h7,10-12,15,17,20-21,27H,1-6,8-9,13-14H2,(H,24,29)(H,25,28)/t20-,21-/m1/s1. The number of pyridine rings is 1. The lowest BCUT2D eigenvalue weighted by atomic mass is 10.0. The first-order valence-corrected chi connectivity index (χ1v) is 11.1. The number of rotatable bonds is 7. The van der Waals surface area contributed by atoms with Crippen molar-refractivity contribution in [2.24, 2.45) is 0 Å². The molecule has 2 atom stereocenters. The van der Waals surface area contributed by atoms with Gasteiger partial charge in [-0.05, 0) is 56.4 Å². The summed E-state index contributed by atoms with van der Waals surface area (Å²) >= 11 is 0. The number of hydrogen-bond donors (Lipinski definition) is 3. The van der Waals surface area contributed by atoms with Crippen LogP contribution in [0.2, 0.25) is 0 Å². The fraction of sp³-hybridized carbons (Fsp3) is 0.565. The minimum atomic E-state index is -0.412. The lowest BCUT2D eigenvalue weighted by molar-refractivity contribution is 0.0570. The van der Waals surface area contributed by atoms with Crippen LogP contribution in [0.5, 0.6) is 5.75 Å². The van der Waals surface area contributed by atoms with Crippen molar-refractivity contribution in [1.82, 2.24) is 15.2 Å². The number of amides is 2. The molecule has 0 radical (unpaired) electrons. The molecule has 7 nitrogen and oxygen atoms in total. The van der Waals surface area contributed by atoms with Crippen molar-refractivity contribution in [2.75, 3.05) is 13.2 Å². The first-order chi connectivity index (χ1) is 14.6. The van der Waals surface area contributed by atoms with Gasteiger partial charge in [0.25, 0.3) is 0 Å². The number of fused-ring (bicyclic) bond motifs is 1. The van der Waals surface area contributed by atoms with Crippen LogP contribution >= 0.6 is 0 Å². The number of carbonyl (C=O) groups is 1. The van der Waals surface area contributed by atoms with E-state index in [1.807, 2.05) is 23.1 Å². The molecule has 2 aliphatic rings. The summed E-state index contributed by atoms with van der Waals surface area (Å²) in [5.74, 6) is 0.738. The lowest BCUT2D eigenvalue weighted by Gasteiger charge is -2.34. The summed E-state index contributed by atoms with van der Waals surface area (Å²) in [5, 5.41) is 14.4. The number of nitrogens with one attached hydrogen (secondary N) is 2.